The molecule has 3 atom stereocenters. The lowest BCUT2D eigenvalue weighted by molar-refractivity contribution is -0.122. The molecule has 134 valence electrons. The maximum atomic E-state index is 12.3. The van der Waals surface area contributed by atoms with E-state index in [0.717, 1.165) is 37.5 Å². The van der Waals surface area contributed by atoms with Gasteiger partial charge in [0.1, 0.15) is 5.75 Å². The van der Waals surface area contributed by atoms with Crippen molar-refractivity contribution in [1.29, 1.82) is 0 Å². The van der Waals surface area contributed by atoms with E-state index in [4.69, 9.17) is 4.74 Å². The Kier molecular flexibility index (Phi) is 7.38. The Bertz CT molecular complexity index is 507. The van der Waals surface area contributed by atoms with Gasteiger partial charge in [-0.25, -0.2) is 0 Å². The number of nitrogens with one attached hydrogen (secondary N) is 2. The second kappa shape index (κ2) is 9.28. The van der Waals surface area contributed by atoms with Gasteiger partial charge in [-0.15, -0.1) is 12.4 Å². The van der Waals surface area contributed by atoms with Gasteiger partial charge in [-0.1, -0.05) is 25.0 Å². The van der Waals surface area contributed by atoms with E-state index in [9.17, 15) is 4.79 Å². The third-order valence-electron chi connectivity index (χ3n) is 5.28. The summed E-state index contributed by atoms with van der Waals surface area (Å²) >= 11 is 0. The van der Waals surface area contributed by atoms with Gasteiger partial charge in [-0.3, -0.25) is 4.79 Å². The zero-order valence-electron chi connectivity index (χ0n) is 14.4. The third kappa shape index (κ3) is 4.87. The van der Waals surface area contributed by atoms with Crippen LogP contribution in [0.1, 0.15) is 44.1 Å². The second-order valence-corrected chi connectivity index (χ2v) is 6.85. The highest BCUT2D eigenvalue weighted by Gasteiger charge is 2.37. The predicted octanol–water partition coefficient (Wildman–Crippen LogP) is 3.09. The van der Waals surface area contributed by atoms with Crippen LogP contribution in [0.5, 0.6) is 5.75 Å². The van der Waals surface area contributed by atoms with Crippen LogP contribution < -0.4 is 15.4 Å². The number of hydrogen-bond acceptors (Lipinski definition) is 3. The van der Waals surface area contributed by atoms with Crippen molar-refractivity contribution in [3.63, 3.8) is 0 Å². The predicted molar refractivity (Wildman–Crippen MR) is 98.9 cm³/mol. The first kappa shape index (κ1) is 19.1. The van der Waals surface area contributed by atoms with Crippen LogP contribution in [0.25, 0.3) is 0 Å². The van der Waals surface area contributed by atoms with Crippen molar-refractivity contribution >= 4 is 18.3 Å². The number of fused-ring (bicyclic) bond motifs is 1. The summed E-state index contributed by atoms with van der Waals surface area (Å²) in [6, 6.07) is 8.76. The third-order valence-corrected chi connectivity index (χ3v) is 5.28. The Morgan fingerprint density at radius 2 is 2.00 bits per heavy atom. The lowest BCUT2D eigenvalue weighted by Crippen LogP contribution is -2.43. The van der Waals surface area contributed by atoms with E-state index in [0.29, 0.717) is 6.04 Å². The fourth-order valence-corrected chi connectivity index (χ4v) is 3.94. The minimum absolute atomic E-state index is 0. The van der Waals surface area contributed by atoms with E-state index in [1.54, 1.807) is 7.11 Å². The Balaban J connectivity index is 0.00000208. The number of hydrogen-bond donors (Lipinski definition) is 2. The van der Waals surface area contributed by atoms with Gasteiger partial charge in [0, 0.05) is 12.6 Å². The minimum atomic E-state index is 0. The highest BCUT2D eigenvalue weighted by Crippen LogP contribution is 2.33. The maximum absolute atomic E-state index is 12.3. The molecule has 0 bridgehead atoms. The number of carbonyl (C=O) groups is 1. The largest absolute Gasteiger partial charge is 0.497 e. The van der Waals surface area contributed by atoms with Crippen molar-refractivity contribution in [3.05, 3.63) is 29.8 Å². The normalized spacial score (nSPS) is 25.5. The number of benzene rings is 1. The average Bonchev–Trinajstić information content (AvgIpc) is 3.03. The summed E-state index contributed by atoms with van der Waals surface area (Å²) in [6.07, 6.45) is 8.15. The molecule has 1 heterocycles. The summed E-state index contributed by atoms with van der Waals surface area (Å²) in [7, 11) is 1.68. The molecule has 1 amide bonds. The zero-order valence-corrected chi connectivity index (χ0v) is 15.2. The van der Waals surface area contributed by atoms with Crippen LogP contribution in [-0.2, 0) is 11.2 Å². The van der Waals surface area contributed by atoms with Crippen LogP contribution >= 0.6 is 12.4 Å². The first-order chi connectivity index (χ1) is 11.3. The van der Waals surface area contributed by atoms with Crippen LogP contribution in [0.3, 0.4) is 0 Å². The monoisotopic (exact) mass is 352 g/mol. The summed E-state index contributed by atoms with van der Waals surface area (Å²) in [6.45, 7) is 0.748. The van der Waals surface area contributed by atoms with Crippen molar-refractivity contribution < 1.29 is 9.53 Å². The number of aryl methyl sites for hydroxylation is 1. The topological polar surface area (TPSA) is 50.4 Å². The van der Waals surface area contributed by atoms with E-state index in [2.05, 4.69) is 22.8 Å². The molecule has 5 heteroatoms. The average molecular weight is 353 g/mol. The minimum Gasteiger partial charge on any atom is -0.497 e. The van der Waals surface area contributed by atoms with Gasteiger partial charge < -0.3 is 15.4 Å². The van der Waals surface area contributed by atoms with E-state index in [-0.39, 0.29) is 24.4 Å². The maximum Gasteiger partial charge on any atom is 0.237 e. The lowest BCUT2D eigenvalue weighted by Gasteiger charge is -2.24. The highest BCUT2D eigenvalue weighted by molar-refractivity contribution is 5.85. The fraction of sp³-hybridized carbons (Fsp3) is 0.632. The fourth-order valence-electron chi connectivity index (χ4n) is 3.94. The van der Waals surface area contributed by atoms with Crippen molar-refractivity contribution in [1.82, 2.24) is 10.6 Å². The van der Waals surface area contributed by atoms with Gasteiger partial charge in [-0.2, -0.15) is 0 Å². The van der Waals surface area contributed by atoms with Crippen LogP contribution in [0, 0.1) is 5.92 Å². The lowest BCUT2D eigenvalue weighted by atomic mass is 9.85. The molecule has 24 heavy (non-hydrogen) atoms. The van der Waals surface area contributed by atoms with Crippen molar-refractivity contribution in [3.8, 4) is 5.75 Å². The number of halogens is 1. The van der Waals surface area contributed by atoms with Gasteiger partial charge in [0.15, 0.2) is 0 Å². The van der Waals surface area contributed by atoms with E-state index >= 15 is 0 Å². The van der Waals surface area contributed by atoms with Gasteiger partial charge >= 0.3 is 0 Å². The molecule has 4 nitrogen and oxygen atoms in total. The summed E-state index contributed by atoms with van der Waals surface area (Å²) < 4.78 is 5.16. The van der Waals surface area contributed by atoms with E-state index in [1.807, 2.05) is 12.1 Å². The number of amides is 1. The van der Waals surface area contributed by atoms with Crippen molar-refractivity contribution in [2.45, 2.75) is 57.0 Å². The zero-order chi connectivity index (χ0) is 16.1. The Hall–Kier alpha value is -1.26. The first-order valence-electron chi connectivity index (χ1n) is 8.93. The molecule has 1 aromatic carbocycles. The molecular formula is C19H29ClN2O2. The SMILES string of the molecule is COc1ccc(CCCNC(=O)C2CC3CCCCC3N2)cc1.Cl. The molecule has 1 aliphatic heterocycles. The summed E-state index contributed by atoms with van der Waals surface area (Å²) in [5.74, 6) is 1.80. The molecule has 3 rings (SSSR count). The number of carbonyl (C=O) groups excluding carboxylic acids is 1. The number of ether oxygens (including phenoxy) is 1. The Morgan fingerprint density at radius 1 is 1.25 bits per heavy atom. The summed E-state index contributed by atoms with van der Waals surface area (Å²) in [5, 5.41) is 6.64. The summed E-state index contributed by atoms with van der Waals surface area (Å²) in [4.78, 5) is 12.3. The van der Waals surface area contributed by atoms with Gasteiger partial charge in [-0.05, 0) is 55.7 Å². The molecule has 2 N–H and O–H groups in total. The molecule has 2 fully saturated rings. The van der Waals surface area contributed by atoms with Gasteiger partial charge in [0.25, 0.3) is 0 Å². The molecule has 0 spiro atoms. The van der Waals surface area contributed by atoms with Gasteiger partial charge in [0.05, 0.1) is 13.2 Å². The summed E-state index contributed by atoms with van der Waals surface area (Å²) in [5.41, 5.74) is 1.28. The van der Waals surface area contributed by atoms with E-state index < -0.39 is 0 Å². The Labute approximate surface area is 151 Å². The van der Waals surface area contributed by atoms with Crippen molar-refractivity contribution in [2.24, 2.45) is 5.92 Å². The molecule has 1 aliphatic carbocycles. The number of methoxy groups -OCH3 is 1. The quantitative estimate of drug-likeness (QED) is 0.773. The van der Waals surface area contributed by atoms with Crippen LogP contribution in [0.4, 0.5) is 0 Å². The molecule has 1 saturated heterocycles. The number of rotatable bonds is 6. The second-order valence-electron chi connectivity index (χ2n) is 6.85. The molecule has 1 saturated carbocycles. The molecule has 2 aliphatic rings. The van der Waals surface area contributed by atoms with Crippen LogP contribution in [0.2, 0.25) is 0 Å². The molecular weight excluding hydrogens is 324 g/mol. The van der Waals surface area contributed by atoms with Crippen LogP contribution in [0.15, 0.2) is 24.3 Å². The molecule has 0 aromatic heterocycles. The van der Waals surface area contributed by atoms with Crippen molar-refractivity contribution in [2.75, 3.05) is 13.7 Å². The molecule has 3 unspecified atom stereocenters. The smallest absolute Gasteiger partial charge is 0.237 e. The molecule has 0 radical (unpaired) electrons. The first-order valence-corrected chi connectivity index (χ1v) is 8.93. The van der Waals surface area contributed by atoms with E-state index in [1.165, 1.54) is 31.2 Å². The van der Waals surface area contributed by atoms with Crippen LogP contribution in [-0.4, -0.2) is 31.6 Å². The molecule has 1 aromatic rings. The standard InChI is InChI=1S/C19H28N2O2.ClH/c1-23-16-10-8-14(9-11-16)5-4-12-20-19(22)18-13-15-6-2-3-7-17(15)21-18;/h8-11,15,17-18,21H,2-7,12-13H2,1H3,(H,20,22);1H. The Morgan fingerprint density at radius 3 is 2.71 bits per heavy atom. The van der Waals surface area contributed by atoms with Gasteiger partial charge in [0.2, 0.25) is 5.91 Å². The highest BCUT2D eigenvalue weighted by atomic mass is 35.5.